The SMILES string of the molecule is Cc1oc(C)c(C(=O)N(C)C(C)(C)CBr)c1C. The van der Waals surface area contributed by atoms with Gasteiger partial charge in [-0.1, -0.05) is 15.9 Å². The van der Waals surface area contributed by atoms with E-state index >= 15 is 0 Å². The van der Waals surface area contributed by atoms with Gasteiger partial charge in [-0.15, -0.1) is 0 Å². The highest BCUT2D eigenvalue weighted by Crippen LogP contribution is 2.25. The van der Waals surface area contributed by atoms with Gasteiger partial charge < -0.3 is 9.32 Å². The van der Waals surface area contributed by atoms with Gasteiger partial charge in [0.2, 0.25) is 0 Å². The summed E-state index contributed by atoms with van der Waals surface area (Å²) in [6, 6.07) is 0. The minimum absolute atomic E-state index is 0.0151. The van der Waals surface area contributed by atoms with E-state index in [1.807, 2.05) is 41.7 Å². The van der Waals surface area contributed by atoms with E-state index in [-0.39, 0.29) is 11.4 Å². The molecule has 0 aliphatic carbocycles. The fraction of sp³-hybridized carbons (Fsp3) is 0.615. The van der Waals surface area contributed by atoms with Crippen LogP contribution in [0.2, 0.25) is 0 Å². The van der Waals surface area contributed by atoms with Crippen LogP contribution in [-0.2, 0) is 0 Å². The molecule has 0 unspecified atom stereocenters. The van der Waals surface area contributed by atoms with Crippen molar-refractivity contribution in [3.8, 4) is 0 Å². The standard InChI is InChI=1S/C13H20BrNO2/c1-8-9(2)17-10(3)11(8)12(16)15(6)13(4,5)7-14/h7H2,1-6H3. The molecule has 4 heteroatoms. The molecule has 96 valence electrons. The molecule has 0 fully saturated rings. The van der Waals surface area contributed by atoms with Gasteiger partial charge in [-0.2, -0.15) is 0 Å². The summed E-state index contributed by atoms with van der Waals surface area (Å²) < 4.78 is 5.50. The Morgan fingerprint density at radius 1 is 1.29 bits per heavy atom. The van der Waals surface area contributed by atoms with Crippen LogP contribution in [0.4, 0.5) is 0 Å². The number of nitrogens with zero attached hydrogens (tertiary/aromatic N) is 1. The van der Waals surface area contributed by atoms with Crippen molar-refractivity contribution in [2.75, 3.05) is 12.4 Å². The second kappa shape index (κ2) is 4.84. The average Bonchev–Trinajstić information content (AvgIpc) is 2.51. The maximum Gasteiger partial charge on any atom is 0.257 e. The number of carbonyl (C=O) groups excluding carboxylic acids is 1. The molecule has 0 aliphatic rings. The first-order chi connectivity index (χ1) is 7.72. The van der Waals surface area contributed by atoms with Crippen LogP contribution >= 0.6 is 15.9 Å². The molecule has 0 saturated carbocycles. The maximum atomic E-state index is 12.5. The topological polar surface area (TPSA) is 33.5 Å². The average molecular weight is 302 g/mol. The van der Waals surface area contributed by atoms with E-state index in [4.69, 9.17) is 4.42 Å². The number of halogens is 1. The Bertz CT molecular complexity index is 435. The van der Waals surface area contributed by atoms with E-state index in [1.165, 1.54) is 0 Å². The monoisotopic (exact) mass is 301 g/mol. The summed E-state index contributed by atoms with van der Waals surface area (Å²) in [5.41, 5.74) is 1.41. The van der Waals surface area contributed by atoms with Gasteiger partial charge in [0.05, 0.1) is 5.56 Å². The quantitative estimate of drug-likeness (QED) is 0.801. The molecule has 0 saturated heterocycles. The van der Waals surface area contributed by atoms with Crippen molar-refractivity contribution in [2.45, 2.75) is 40.2 Å². The van der Waals surface area contributed by atoms with Gasteiger partial charge >= 0.3 is 0 Å². The Balaban J connectivity index is 3.13. The summed E-state index contributed by atoms with van der Waals surface area (Å²) in [6.45, 7) is 9.69. The molecule has 0 bridgehead atoms. The first kappa shape index (κ1) is 14.3. The summed E-state index contributed by atoms with van der Waals surface area (Å²) in [7, 11) is 1.82. The fourth-order valence-electron chi connectivity index (χ4n) is 1.64. The number of aryl methyl sites for hydroxylation is 2. The Kier molecular flexibility index (Phi) is 4.07. The molecule has 1 aromatic heterocycles. The van der Waals surface area contributed by atoms with Gasteiger partial charge in [0, 0.05) is 23.5 Å². The third-order valence-electron chi connectivity index (χ3n) is 3.31. The minimum atomic E-state index is -0.221. The lowest BCUT2D eigenvalue weighted by atomic mass is 10.0. The predicted octanol–water partition coefficient (Wildman–Crippen LogP) is 3.45. The largest absolute Gasteiger partial charge is 0.466 e. The summed E-state index contributed by atoms with van der Waals surface area (Å²) in [5, 5.41) is 0.733. The number of amides is 1. The van der Waals surface area contributed by atoms with Gasteiger partial charge in [0.25, 0.3) is 5.91 Å². The lowest BCUT2D eigenvalue weighted by molar-refractivity contribution is 0.0661. The van der Waals surface area contributed by atoms with E-state index in [0.29, 0.717) is 11.3 Å². The highest BCUT2D eigenvalue weighted by Gasteiger charge is 2.30. The first-order valence-electron chi connectivity index (χ1n) is 5.63. The number of rotatable bonds is 3. The smallest absolute Gasteiger partial charge is 0.257 e. The number of alkyl halides is 1. The van der Waals surface area contributed by atoms with Crippen LogP contribution in [0.5, 0.6) is 0 Å². The van der Waals surface area contributed by atoms with Crippen molar-refractivity contribution in [1.29, 1.82) is 0 Å². The van der Waals surface area contributed by atoms with Gasteiger partial charge in [0.1, 0.15) is 11.5 Å². The summed E-state index contributed by atoms with van der Waals surface area (Å²) in [6.07, 6.45) is 0. The highest BCUT2D eigenvalue weighted by atomic mass is 79.9. The molecule has 0 radical (unpaired) electrons. The van der Waals surface area contributed by atoms with E-state index in [9.17, 15) is 4.79 Å². The van der Waals surface area contributed by atoms with Crippen molar-refractivity contribution < 1.29 is 9.21 Å². The first-order valence-corrected chi connectivity index (χ1v) is 6.75. The number of hydrogen-bond acceptors (Lipinski definition) is 2. The third kappa shape index (κ3) is 2.57. The van der Waals surface area contributed by atoms with E-state index in [1.54, 1.807) is 4.90 Å². The van der Waals surface area contributed by atoms with Crippen LogP contribution in [0.3, 0.4) is 0 Å². The van der Waals surface area contributed by atoms with E-state index in [2.05, 4.69) is 15.9 Å². The number of carbonyl (C=O) groups is 1. The molecule has 17 heavy (non-hydrogen) atoms. The Hall–Kier alpha value is -0.770. The van der Waals surface area contributed by atoms with Crippen molar-refractivity contribution in [2.24, 2.45) is 0 Å². The van der Waals surface area contributed by atoms with Crippen LogP contribution in [0.15, 0.2) is 4.42 Å². The van der Waals surface area contributed by atoms with Crippen molar-refractivity contribution in [1.82, 2.24) is 4.90 Å². The molecule has 0 aliphatic heterocycles. The fourth-order valence-corrected chi connectivity index (χ4v) is 2.02. The van der Waals surface area contributed by atoms with Crippen LogP contribution in [0.25, 0.3) is 0 Å². The van der Waals surface area contributed by atoms with Crippen LogP contribution in [0, 0.1) is 20.8 Å². The van der Waals surface area contributed by atoms with Crippen molar-refractivity contribution >= 4 is 21.8 Å². The molecular weight excluding hydrogens is 282 g/mol. The minimum Gasteiger partial charge on any atom is -0.466 e. The molecule has 0 aromatic carbocycles. The Morgan fingerprint density at radius 2 is 1.82 bits per heavy atom. The second-order valence-corrected chi connectivity index (χ2v) is 5.59. The molecule has 0 N–H and O–H groups in total. The second-order valence-electron chi connectivity index (χ2n) is 5.02. The molecule has 0 atom stereocenters. The van der Waals surface area contributed by atoms with Crippen LogP contribution < -0.4 is 0 Å². The molecule has 1 rings (SSSR count). The molecule has 3 nitrogen and oxygen atoms in total. The third-order valence-corrected chi connectivity index (χ3v) is 4.69. The van der Waals surface area contributed by atoms with Crippen LogP contribution in [0.1, 0.15) is 41.3 Å². The van der Waals surface area contributed by atoms with Gasteiger partial charge in [-0.05, 0) is 34.6 Å². The summed E-state index contributed by atoms with van der Waals surface area (Å²) in [5.74, 6) is 1.53. The van der Waals surface area contributed by atoms with E-state index in [0.717, 1.165) is 16.7 Å². The zero-order valence-corrected chi connectivity index (χ0v) is 12.9. The lowest BCUT2D eigenvalue weighted by Crippen LogP contribution is -2.46. The maximum absolute atomic E-state index is 12.5. The number of hydrogen-bond donors (Lipinski definition) is 0. The molecule has 1 heterocycles. The molecular formula is C13H20BrNO2. The zero-order valence-electron chi connectivity index (χ0n) is 11.3. The van der Waals surface area contributed by atoms with Crippen molar-refractivity contribution in [3.63, 3.8) is 0 Å². The van der Waals surface area contributed by atoms with Gasteiger partial charge in [-0.25, -0.2) is 0 Å². The molecule has 0 spiro atoms. The molecule has 1 amide bonds. The normalized spacial score (nSPS) is 11.7. The van der Waals surface area contributed by atoms with E-state index < -0.39 is 0 Å². The van der Waals surface area contributed by atoms with Crippen molar-refractivity contribution in [3.05, 3.63) is 22.6 Å². The summed E-state index contributed by atoms with van der Waals surface area (Å²) >= 11 is 3.44. The Morgan fingerprint density at radius 3 is 2.18 bits per heavy atom. The highest BCUT2D eigenvalue weighted by molar-refractivity contribution is 9.09. The number of furan rings is 1. The lowest BCUT2D eigenvalue weighted by Gasteiger charge is -2.34. The zero-order chi connectivity index (χ0) is 13.4. The predicted molar refractivity (Wildman–Crippen MR) is 72.9 cm³/mol. The summed E-state index contributed by atoms with van der Waals surface area (Å²) in [4.78, 5) is 14.2. The van der Waals surface area contributed by atoms with Gasteiger partial charge in [0.15, 0.2) is 0 Å². The Labute approximate surface area is 111 Å². The molecule has 1 aromatic rings. The van der Waals surface area contributed by atoms with Gasteiger partial charge in [-0.3, -0.25) is 4.79 Å². The van der Waals surface area contributed by atoms with Crippen LogP contribution in [-0.4, -0.2) is 28.7 Å².